The smallest absolute Gasteiger partial charge is 0.545 e. The van der Waals surface area contributed by atoms with Gasteiger partial charge in [0.2, 0.25) is 0 Å². The van der Waals surface area contributed by atoms with Crippen molar-refractivity contribution in [1.82, 2.24) is 0 Å². The van der Waals surface area contributed by atoms with E-state index in [1.807, 2.05) is 24.3 Å². The van der Waals surface area contributed by atoms with Crippen LogP contribution in [0, 0.1) is 0 Å². The fraction of sp³-hybridized carbons (Fsp3) is 0.500. The van der Waals surface area contributed by atoms with Crippen LogP contribution in [0.1, 0.15) is 110 Å². The molecule has 0 unspecified atom stereocenters. The van der Waals surface area contributed by atoms with Gasteiger partial charge in [0.25, 0.3) is 0 Å². The largest absolute Gasteiger partial charge is 2.00 e. The summed E-state index contributed by atoms with van der Waals surface area (Å²) in [6.07, 6.45) is 13.6. The number of unbranched alkanes of at least 4 members (excludes halogenated alkanes) is 8. The summed E-state index contributed by atoms with van der Waals surface area (Å²) in [5.41, 5.74) is 2.49. The van der Waals surface area contributed by atoms with Gasteiger partial charge < -0.3 is 19.8 Å². The number of carboxylic acid groups (broad SMARTS) is 2. The third kappa shape index (κ3) is 13.6. The molecule has 2 radical (unpaired) electrons. The van der Waals surface area contributed by atoms with Crippen LogP contribution in [0.5, 0.6) is 0 Å². The van der Waals surface area contributed by atoms with Crippen molar-refractivity contribution in [2.24, 2.45) is 0 Å². The maximum atomic E-state index is 10.8. The summed E-state index contributed by atoms with van der Waals surface area (Å²) in [7, 11) is 0. The first-order valence-electron chi connectivity index (χ1n) is 12.1. The Hall–Kier alpha value is -1.70. The molecule has 0 aliphatic rings. The second kappa shape index (κ2) is 19.7. The van der Waals surface area contributed by atoms with E-state index >= 15 is 0 Å². The van der Waals surface area contributed by atoms with Crippen LogP contribution in [0.3, 0.4) is 0 Å². The Labute approximate surface area is 220 Å². The Morgan fingerprint density at radius 2 is 0.909 bits per heavy atom. The van der Waals surface area contributed by atoms with Crippen molar-refractivity contribution in [3.8, 4) is 0 Å². The molecule has 0 saturated heterocycles. The molecule has 0 atom stereocenters. The minimum Gasteiger partial charge on any atom is -0.545 e. The first-order chi connectivity index (χ1) is 15.5. The molecule has 0 amide bonds. The average Bonchev–Trinajstić information content (AvgIpc) is 2.79. The molecule has 33 heavy (non-hydrogen) atoms. The molecule has 0 heterocycles. The molecule has 0 N–H and O–H groups in total. The fourth-order valence-electron chi connectivity index (χ4n) is 3.71. The summed E-state index contributed by atoms with van der Waals surface area (Å²) in [6.45, 7) is 4.37. The quantitative estimate of drug-likeness (QED) is 0.220. The van der Waals surface area contributed by atoms with E-state index in [0.29, 0.717) is 11.1 Å². The van der Waals surface area contributed by atoms with Crippen molar-refractivity contribution in [3.05, 3.63) is 70.8 Å². The van der Waals surface area contributed by atoms with E-state index in [2.05, 4.69) is 13.8 Å². The Morgan fingerprint density at radius 1 is 0.576 bits per heavy atom. The summed E-state index contributed by atoms with van der Waals surface area (Å²) < 4.78 is 0. The van der Waals surface area contributed by atoms with Crippen molar-refractivity contribution in [2.45, 2.75) is 90.9 Å². The minimum atomic E-state index is -1.07. The predicted molar refractivity (Wildman–Crippen MR) is 132 cm³/mol. The zero-order chi connectivity index (χ0) is 23.6. The summed E-state index contributed by atoms with van der Waals surface area (Å²) in [6, 6.07) is 14.3. The maximum Gasteiger partial charge on any atom is 2.00 e. The van der Waals surface area contributed by atoms with Crippen molar-refractivity contribution in [2.75, 3.05) is 0 Å². The molecule has 4 nitrogen and oxygen atoms in total. The molecule has 0 fully saturated rings. The van der Waals surface area contributed by atoms with Crippen LogP contribution in [-0.4, -0.2) is 39.2 Å². The fourth-order valence-corrected chi connectivity index (χ4v) is 3.71. The number of hydrogen-bond donors (Lipinski definition) is 0. The molecule has 178 valence electrons. The van der Waals surface area contributed by atoms with E-state index in [-0.39, 0.29) is 27.3 Å². The van der Waals surface area contributed by atoms with Crippen LogP contribution in [-0.2, 0) is 12.8 Å². The molecule has 2 aromatic carbocycles. The summed E-state index contributed by atoms with van der Waals surface area (Å²) >= 11 is 0. The number of hydrogen-bond acceptors (Lipinski definition) is 4. The molecular formula is C28H38O4Pb. The van der Waals surface area contributed by atoms with Crippen molar-refractivity contribution >= 4 is 39.2 Å². The zero-order valence-corrected chi connectivity index (χ0v) is 24.1. The van der Waals surface area contributed by atoms with Crippen LogP contribution in [0.15, 0.2) is 48.5 Å². The van der Waals surface area contributed by atoms with Crippen LogP contribution in [0.25, 0.3) is 0 Å². The van der Waals surface area contributed by atoms with Gasteiger partial charge in [-0.2, -0.15) is 0 Å². The first-order valence-corrected chi connectivity index (χ1v) is 12.1. The van der Waals surface area contributed by atoms with Crippen LogP contribution >= 0.6 is 0 Å². The number of aromatic carboxylic acids is 2. The minimum absolute atomic E-state index is 0. The second-order valence-electron chi connectivity index (χ2n) is 8.22. The molecule has 0 bridgehead atoms. The molecule has 2 rings (SSSR count). The maximum absolute atomic E-state index is 10.8. The topological polar surface area (TPSA) is 80.3 Å². The van der Waals surface area contributed by atoms with E-state index in [4.69, 9.17) is 0 Å². The Kier molecular flexibility index (Phi) is 18.7. The van der Waals surface area contributed by atoms with Gasteiger partial charge in [0, 0.05) is 11.1 Å². The SMILES string of the molecule is CCCCCCCc1ccccc1C(=O)[O-].CCCCCCCc1ccccc1C(=O)[O-].[Pb+2]. The molecule has 5 heteroatoms. The van der Waals surface area contributed by atoms with Gasteiger partial charge in [-0.3, -0.25) is 0 Å². The van der Waals surface area contributed by atoms with E-state index < -0.39 is 11.9 Å². The van der Waals surface area contributed by atoms with Gasteiger partial charge in [-0.05, 0) is 36.8 Å². The molecular weight excluding hydrogens is 608 g/mol. The van der Waals surface area contributed by atoms with Gasteiger partial charge in [-0.25, -0.2) is 0 Å². The van der Waals surface area contributed by atoms with E-state index in [0.717, 1.165) is 36.8 Å². The molecule has 0 spiro atoms. The number of aryl methyl sites for hydroxylation is 2. The predicted octanol–water partition coefficient (Wildman–Crippen LogP) is 4.75. The zero-order valence-electron chi connectivity index (χ0n) is 20.2. The van der Waals surface area contributed by atoms with Crippen molar-refractivity contribution < 1.29 is 19.8 Å². The third-order valence-electron chi connectivity index (χ3n) is 5.57. The van der Waals surface area contributed by atoms with Crippen LogP contribution in [0.4, 0.5) is 0 Å². The van der Waals surface area contributed by atoms with Gasteiger partial charge in [0.05, 0.1) is 11.9 Å². The first kappa shape index (κ1) is 31.3. The number of carbonyl (C=O) groups is 2. The number of carboxylic acids is 2. The number of rotatable bonds is 14. The molecule has 0 aromatic heterocycles. The van der Waals surface area contributed by atoms with Gasteiger partial charge in [0.1, 0.15) is 0 Å². The number of benzene rings is 2. The molecule has 0 saturated carbocycles. The standard InChI is InChI=1S/2C14H20O2.Pb/c2*1-2-3-4-5-6-9-12-10-7-8-11-13(12)14(15)16;/h2*7-8,10-11H,2-6,9H2,1H3,(H,15,16);/q;;+2/p-2. The molecule has 2 aromatic rings. The van der Waals surface area contributed by atoms with Crippen molar-refractivity contribution in [3.63, 3.8) is 0 Å². The normalized spacial score (nSPS) is 10.0. The Bertz CT molecular complexity index is 736. The Morgan fingerprint density at radius 3 is 1.24 bits per heavy atom. The van der Waals surface area contributed by atoms with Gasteiger partial charge in [0.15, 0.2) is 0 Å². The van der Waals surface area contributed by atoms with E-state index in [1.54, 1.807) is 24.3 Å². The van der Waals surface area contributed by atoms with Crippen LogP contribution < -0.4 is 10.2 Å². The second-order valence-corrected chi connectivity index (χ2v) is 8.22. The number of carbonyl (C=O) groups excluding carboxylic acids is 2. The van der Waals surface area contributed by atoms with Gasteiger partial charge >= 0.3 is 27.3 Å². The molecule has 0 aliphatic heterocycles. The van der Waals surface area contributed by atoms with Gasteiger partial charge in [-0.15, -0.1) is 0 Å². The summed E-state index contributed by atoms with van der Waals surface area (Å²) in [4.78, 5) is 21.7. The van der Waals surface area contributed by atoms with Crippen molar-refractivity contribution in [1.29, 1.82) is 0 Å². The summed E-state index contributed by atoms with van der Waals surface area (Å²) in [5, 5.41) is 21.7. The average molecular weight is 646 g/mol. The van der Waals surface area contributed by atoms with E-state index in [9.17, 15) is 19.8 Å². The van der Waals surface area contributed by atoms with E-state index in [1.165, 1.54) is 51.4 Å². The van der Waals surface area contributed by atoms with Gasteiger partial charge in [-0.1, -0.05) is 114 Å². The monoisotopic (exact) mass is 646 g/mol. The summed E-state index contributed by atoms with van der Waals surface area (Å²) in [5.74, 6) is -2.13. The third-order valence-corrected chi connectivity index (χ3v) is 5.57. The van der Waals surface area contributed by atoms with Crippen LogP contribution in [0.2, 0.25) is 0 Å². The molecule has 0 aliphatic carbocycles. The Balaban J connectivity index is 0.000000602.